The quantitative estimate of drug-likeness (QED) is 0.826. The molecule has 1 heterocycles. The fraction of sp³-hybridized carbons (Fsp3) is 0.500. The van der Waals surface area contributed by atoms with Gasteiger partial charge in [0.05, 0.1) is 23.6 Å². The average Bonchev–Trinajstić information content (AvgIpc) is 2.40. The Morgan fingerprint density at radius 2 is 2.05 bits per heavy atom. The summed E-state index contributed by atoms with van der Waals surface area (Å²) in [6.45, 7) is 4.85. The zero-order chi connectivity index (χ0) is 14.9. The molecule has 1 fully saturated rings. The molecule has 0 spiro atoms. The van der Waals surface area contributed by atoms with Crippen LogP contribution in [0.5, 0.6) is 0 Å². The number of sulfone groups is 1. The van der Waals surface area contributed by atoms with Crippen LogP contribution in [0.1, 0.15) is 24.2 Å². The number of benzene rings is 1. The van der Waals surface area contributed by atoms with Crippen molar-refractivity contribution in [2.45, 2.75) is 30.9 Å². The second-order valence-electron chi connectivity index (χ2n) is 5.25. The maximum atomic E-state index is 12.5. The molecule has 2 rings (SSSR count). The van der Waals surface area contributed by atoms with Crippen LogP contribution in [0.4, 0.5) is 0 Å². The Labute approximate surface area is 119 Å². The molecule has 1 aromatic rings. The molecule has 0 N–H and O–H groups in total. The van der Waals surface area contributed by atoms with Gasteiger partial charge >= 0.3 is 0 Å². The van der Waals surface area contributed by atoms with Crippen LogP contribution in [0.25, 0.3) is 0 Å². The van der Waals surface area contributed by atoms with Crippen LogP contribution in [-0.4, -0.2) is 50.8 Å². The van der Waals surface area contributed by atoms with E-state index in [1.807, 2.05) is 13.8 Å². The highest BCUT2D eigenvalue weighted by Gasteiger charge is 2.28. The summed E-state index contributed by atoms with van der Waals surface area (Å²) >= 11 is 0. The van der Waals surface area contributed by atoms with Crippen LogP contribution < -0.4 is 0 Å². The lowest BCUT2D eigenvalue weighted by Crippen LogP contribution is -2.50. The first kappa shape index (κ1) is 15.0. The largest absolute Gasteiger partial charge is 0.375 e. The minimum Gasteiger partial charge on any atom is -0.375 e. The molecule has 1 saturated heterocycles. The molecule has 0 bridgehead atoms. The second kappa shape index (κ2) is 5.54. The van der Waals surface area contributed by atoms with E-state index in [1.165, 1.54) is 12.1 Å². The minimum atomic E-state index is -3.31. The van der Waals surface area contributed by atoms with Gasteiger partial charge in [0.25, 0.3) is 5.91 Å². The zero-order valence-electron chi connectivity index (χ0n) is 11.9. The maximum Gasteiger partial charge on any atom is 0.254 e. The fourth-order valence-electron chi connectivity index (χ4n) is 2.21. The predicted octanol–water partition coefficient (Wildman–Crippen LogP) is 1.34. The highest BCUT2D eigenvalue weighted by molar-refractivity contribution is 7.90. The van der Waals surface area contributed by atoms with E-state index in [9.17, 15) is 13.2 Å². The Morgan fingerprint density at radius 3 is 2.70 bits per heavy atom. The Hall–Kier alpha value is -1.40. The highest BCUT2D eigenvalue weighted by atomic mass is 32.2. The summed E-state index contributed by atoms with van der Waals surface area (Å²) in [6.07, 6.45) is 1.13. The average molecular weight is 297 g/mol. The van der Waals surface area contributed by atoms with Crippen LogP contribution in [0.2, 0.25) is 0 Å². The molecule has 110 valence electrons. The predicted molar refractivity (Wildman–Crippen MR) is 75.5 cm³/mol. The molecule has 0 aliphatic carbocycles. The first-order valence-electron chi connectivity index (χ1n) is 6.51. The van der Waals surface area contributed by atoms with Gasteiger partial charge in [-0.05, 0) is 32.0 Å². The normalized spacial score (nSPS) is 23.6. The van der Waals surface area contributed by atoms with Crippen LogP contribution in [-0.2, 0) is 14.6 Å². The van der Waals surface area contributed by atoms with Crippen molar-refractivity contribution >= 4 is 15.7 Å². The fourth-order valence-corrected chi connectivity index (χ4v) is 2.88. The van der Waals surface area contributed by atoms with Gasteiger partial charge in [-0.3, -0.25) is 4.79 Å². The van der Waals surface area contributed by atoms with E-state index in [4.69, 9.17) is 4.74 Å². The molecule has 5 nitrogen and oxygen atoms in total. The number of rotatable bonds is 2. The van der Waals surface area contributed by atoms with E-state index >= 15 is 0 Å². The van der Waals surface area contributed by atoms with Crippen LogP contribution in [0.15, 0.2) is 29.2 Å². The maximum absolute atomic E-state index is 12.5. The number of ether oxygens (including phenoxy) is 1. The molecule has 0 saturated carbocycles. The van der Waals surface area contributed by atoms with Crippen molar-refractivity contribution in [2.75, 3.05) is 19.4 Å². The van der Waals surface area contributed by atoms with E-state index in [0.29, 0.717) is 18.7 Å². The standard InChI is InChI=1S/C14H19NO4S/c1-10-9-19-11(2)8-15(10)14(16)12-5-4-6-13(7-12)20(3,17)18/h4-7,10-11H,8-9H2,1-3H3. The molecule has 1 aliphatic heterocycles. The molecule has 0 aromatic heterocycles. The third-order valence-corrected chi connectivity index (χ3v) is 4.49. The van der Waals surface area contributed by atoms with E-state index in [1.54, 1.807) is 17.0 Å². The number of morpholine rings is 1. The van der Waals surface area contributed by atoms with Crippen LogP contribution in [0, 0.1) is 0 Å². The van der Waals surface area contributed by atoms with Gasteiger partial charge in [0, 0.05) is 18.4 Å². The Balaban J connectivity index is 2.29. The van der Waals surface area contributed by atoms with Gasteiger partial charge in [-0.15, -0.1) is 0 Å². The molecular weight excluding hydrogens is 278 g/mol. The molecule has 2 unspecified atom stereocenters. The van der Waals surface area contributed by atoms with Crippen molar-refractivity contribution in [2.24, 2.45) is 0 Å². The number of nitrogens with zero attached hydrogens (tertiary/aromatic N) is 1. The topological polar surface area (TPSA) is 63.7 Å². The zero-order valence-corrected chi connectivity index (χ0v) is 12.7. The van der Waals surface area contributed by atoms with Gasteiger partial charge in [0.1, 0.15) is 0 Å². The van der Waals surface area contributed by atoms with Crippen molar-refractivity contribution < 1.29 is 17.9 Å². The lowest BCUT2D eigenvalue weighted by Gasteiger charge is -2.36. The molecule has 1 aliphatic rings. The molecule has 20 heavy (non-hydrogen) atoms. The molecule has 6 heteroatoms. The van der Waals surface area contributed by atoms with E-state index in [-0.39, 0.29) is 22.9 Å². The van der Waals surface area contributed by atoms with E-state index in [0.717, 1.165) is 6.26 Å². The summed E-state index contributed by atoms with van der Waals surface area (Å²) in [5, 5.41) is 0. The minimum absolute atomic E-state index is 0.00626. The second-order valence-corrected chi connectivity index (χ2v) is 7.27. The molecule has 0 radical (unpaired) electrons. The van der Waals surface area contributed by atoms with E-state index < -0.39 is 9.84 Å². The van der Waals surface area contributed by atoms with Crippen LogP contribution in [0.3, 0.4) is 0 Å². The highest BCUT2D eigenvalue weighted by Crippen LogP contribution is 2.18. The van der Waals surface area contributed by atoms with Gasteiger partial charge in [-0.2, -0.15) is 0 Å². The lowest BCUT2D eigenvalue weighted by atomic mass is 10.1. The van der Waals surface area contributed by atoms with Gasteiger partial charge in [-0.1, -0.05) is 6.07 Å². The summed E-state index contributed by atoms with van der Waals surface area (Å²) < 4.78 is 28.6. The summed E-state index contributed by atoms with van der Waals surface area (Å²) in [7, 11) is -3.31. The van der Waals surface area contributed by atoms with Crippen molar-refractivity contribution in [3.8, 4) is 0 Å². The molecular formula is C14H19NO4S. The van der Waals surface area contributed by atoms with Gasteiger partial charge < -0.3 is 9.64 Å². The molecule has 2 atom stereocenters. The van der Waals surface area contributed by atoms with Crippen molar-refractivity contribution in [1.29, 1.82) is 0 Å². The van der Waals surface area contributed by atoms with Crippen LogP contribution >= 0.6 is 0 Å². The number of amides is 1. The number of carbonyl (C=O) groups excluding carboxylic acids is 1. The van der Waals surface area contributed by atoms with E-state index in [2.05, 4.69) is 0 Å². The Bertz CT molecular complexity index is 611. The number of hydrogen-bond donors (Lipinski definition) is 0. The van der Waals surface area contributed by atoms with Gasteiger partial charge in [0.15, 0.2) is 9.84 Å². The Morgan fingerprint density at radius 1 is 1.35 bits per heavy atom. The molecule has 1 aromatic carbocycles. The van der Waals surface area contributed by atoms with Gasteiger partial charge in [0.2, 0.25) is 0 Å². The first-order chi connectivity index (χ1) is 9.29. The van der Waals surface area contributed by atoms with Crippen molar-refractivity contribution in [3.63, 3.8) is 0 Å². The molecule has 1 amide bonds. The summed E-state index contributed by atoms with van der Waals surface area (Å²) in [6, 6.07) is 6.16. The summed E-state index contributed by atoms with van der Waals surface area (Å²) in [5.41, 5.74) is 0.397. The smallest absolute Gasteiger partial charge is 0.254 e. The summed E-state index contributed by atoms with van der Waals surface area (Å²) in [4.78, 5) is 14.4. The third kappa shape index (κ3) is 3.19. The van der Waals surface area contributed by atoms with Crippen molar-refractivity contribution in [1.82, 2.24) is 4.90 Å². The van der Waals surface area contributed by atoms with Gasteiger partial charge in [-0.25, -0.2) is 8.42 Å². The SMILES string of the molecule is CC1CN(C(=O)c2cccc(S(C)(=O)=O)c2)C(C)CO1. The monoisotopic (exact) mass is 297 g/mol. The number of carbonyl (C=O) groups is 1. The lowest BCUT2D eigenvalue weighted by molar-refractivity contribution is -0.0387. The summed E-state index contributed by atoms with van der Waals surface area (Å²) in [5.74, 6) is -0.154. The Kier molecular flexibility index (Phi) is 4.15. The van der Waals surface area contributed by atoms with Crippen molar-refractivity contribution in [3.05, 3.63) is 29.8 Å². The first-order valence-corrected chi connectivity index (χ1v) is 8.41. The third-order valence-electron chi connectivity index (χ3n) is 3.38. The number of hydrogen-bond acceptors (Lipinski definition) is 4.